The Morgan fingerprint density at radius 2 is 1.95 bits per heavy atom. The molecule has 20 heavy (non-hydrogen) atoms. The number of thiazole rings is 1. The fraction of sp³-hybridized carbons (Fsp3) is 0.250. The van der Waals surface area contributed by atoms with Gasteiger partial charge in [-0.25, -0.2) is 9.97 Å². The van der Waals surface area contributed by atoms with Crippen LogP contribution in [0.4, 0.5) is 11.5 Å². The summed E-state index contributed by atoms with van der Waals surface area (Å²) in [5.41, 5.74) is 1.43. The van der Waals surface area contributed by atoms with E-state index in [-0.39, 0.29) is 30.7 Å². The molecular weight excluding hydrogens is 319 g/mol. The van der Waals surface area contributed by atoms with Gasteiger partial charge in [0.05, 0.1) is 22.6 Å². The molecule has 0 saturated carbocycles. The van der Waals surface area contributed by atoms with Crippen LogP contribution >= 0.6 is 36.2 Å². The van der Waals surface area contributed by atoms with Crippen LogP contribution in [0, 0.1) is 13.8 Å². The highest BCUT2D eigenvalue weighted by atomic mass is 35.5. The number of carbonyl (C=O) groups is 1. The molecule has 2 N–H and O–H groups in total. The van der Waals surface area contributed by atoms with E-state index in [0.29, 0.717) is 10.6 Å². The molecule has 0 aliphatic heterocycles. The number of carbonyl (C=O) groups excluding carboxylic acids is 1. The molecule has 0 aromatic carbocycles. The lowest BCUT2D eigenvalue weighted by Gasteiger charge is -2.04. The fourth-order valence-electron chi connectivity index (χ4n) is 1.55. The summed E-state index contributed by atoms with van der Waals surface area (Å²) in [6.07, 6.45) is 1.62. The zero-order valence-electron chi connectivity index (χ0n) is 11.3. The van der Waals surface area contributed by atoms with E-state index in [2.05, 4.69) is 20.6 Å². The summed E-state index contributed by atoms with van der Waals surface area (Å²) in [5, 5.41) is 6.61. The molecule has 2 aromatic rings. The van der Waals surface area contributed by atoms with E-state index in [1.54, 1.807) is 25.4 Å². The monoisotopic (exact) mass is 334 g/mol. The first kappa shape index (κ1) is 18.6. The third-order valence-electron chi connectivity index (χ3n) is 2.39. The maximum Gasteiger partial charge on any atom is 0.267 e. The van der Waals surface area contributed by atoms with Crippen molar-refractivity contribution in [2.24, 2.45) is 0 Å². The Morgan fingerprint density at radius 1 is 1.25 bits per heavy atom. The Kier molecular flexibility index (Phi) is 7.49. The van der Waals surface area contributed by atoms with Crippen LogP contribution in [0.2, 0.25) is 0 Å². The van der Waals surface area contributed by atoms with Crippen LogP contribution in [0.1, 0.15) is 20.4 Å². The number of aromatic nitrogens is 2. The number of nitrogens with one attached hydrogen (secondary N) is 2. The second-order valence-electron chi connectivity index (χ2n) is 3.78. The van der Waals surface area contributed by atoms with E-state index in [4.69, 9.17) is 0 Å². The number of aryl methyl sites for hydroxylation is 2. The predicted molar refractivity (Wildman–Crippen MR) is 87.8 cm³/mol. The first-order valence-electron chi connectivity index (χ1n) is 5.49. The molecule has 0 bridgehead atoms. The lowest BCUT2D eigenvalue weighted by atomic mass is 10.3. The van der Waals surface area contributed by atoms with Crippen LogP contribution in [0.15, 0.2) is 18.3 Å². The summed E-state index contributed by atoms with van der Waals surface area (Å²) in [5.74, 6) is 0.620. The minimum absolute atomic E-state index is 0. The lowest BCUT2D eigenvalue weighted by Crippen LogP contribution is -2.11. The Morgan fingerprint density at radius 3 is 2.40 bits per heavy atom. The van der Waals surface area contributed by atoms with Crippen LogP contribution in [-0.2, 0) is 0 Å². The van der Waals surface area contributed by atoms with Gasteiger partial charge in [-0.3, -0.25) is 4.79 Å². The maximum atomic E-state index is 12.0. The fourth-order valence-corrected chi connectivity index (χ4v) is 2.36. The molecule has 0 radical (unpaired) electrons. The van der Waals surface area contributed by atoms with E-state index in [9.17, 15) is 4.79 Å². The predicted octanol–water partition coefficient (Wildman–Crippen LogP) is 3.29. The molecule has 8 heteroatoms. The summed E-state index contributed by atoms with van der Waals surface area (Å²) >= 11 is 1.39. The number of amides is 1. The van der Waals surface area contributed by atoms with Crippen molar-refractivity contribution < 1.29 is 4.79 Å². The average Bonchev–Trinajstić information content (AvgIpc) is 2.69. The van der Waals surface area contributed by atoms with E-state index in [0.717, 1.165) is 16.5 Å². The van der Waals surface area contributed by atoms with Crippen molar-refractivity contribution in [3.63, 3.8) is 0 Å². The van der Waals surface area contributed by atoms with Gasteiger partial charge in [0.15, 0.2) is 0 Å². The Balaban J connectivity index is 0.00000180. The normalized spacial score (nSPS) is 9.15. The van der Waals surface area contributed by atoms with Gasteiger partial charge in [0.1, 0.15) is 10.7 Å². The zero-order valence-corrected chi connectivity index (χ0v) is 13.7. The molecule has 0 spiro atoms. The number of rotatable bonds is 3. The number of pyridine rings is 1. The van der Waals surface area contributed by atoms with Crippen molar-refractivity contribution in [2.45, 2.75) is 13.8 Å². The SMILES string of the molecule is CNc1ccc(NC(=O)c2sc(C)nc2C)cn1.Cl.Cl. The van der Waals surface area contributed by atoms with Crippen molar-refractivity contribution in [3.8, 4) is 0 Å². The second-order valence-corrected chi connectivity index (χ2v) is 4.99. The van der Waals surface area contributed by atoms with E-state index in [1.165, 1.54) is 11.3 Å². The summed E-state index contributed by atoms with van der Waals surface area (Å²) in [6.45, 7) is 3.72. The highest BCUT2D eigenvalue weighted by Crippen LogP contribution is 2.19. The topological polar surface area (TPSA) is 66.9 Å². The molecule has 1 amide bonds. The van der Waals surface area contributed by atoms with Gasteiger partial charge in [-0.05, 0) is 26.0 Å². The summed E-state index contributed by atoms with van der Waals surface area (Å²) in [4.78, 5) is 21.0. The number of halogens is 2. The summed E-state index contributed by atoms with van der Waals surface area (Å²) < 4.78 is 0. The molecule has 2 rings (SSSR count). The molecule has 0 fully saturated rings. The van der Waals surface area contributed by atoms with Gasteiger partial charge in [-0.15, -0.1) is 36.2 Å². The van der Waals surface area contributed by atoms with Crippen LogP contribution < -0.4 is 10.6 Å². The van der Waals surface area contributed by atoms with Crippen LogP contribution in [0.5, 0.6) is 0 Å². The first-order valence-corrected chi connectivity index (χ1v) is 6.31. The van der Waals surface area contributed by atoms with Crippen molar-refractivity contribution in [1.82, 2.24) is 9.97 Å². The Bertz CT molecular complexity index is 571. The molecule has 110 valence electrons. The van der Waals surface area contributed by atoms with Gasteiger partial charge in [0.25, 0.3) is 5.91 Å². The molecule has 2 aromatic heterocycles. The molecule has 0 saturated heterocycles. The summed E-state index contributed by atoms with van der Waals surface area (Å²) in [6, 6.07) is 3.61. The zero-order chi connectivity index (χ0) is 13.1. The highest BCUT2D eigenvalue weighted by molar-refractivity contribution is 7.13. The lowest BCUT2D eigenvalue weighted by molar-refractivity contribution is 0.103. The first-order chi connectivity index (χ1) is 8.60. The molecule has 2 heterocycles. The highest BCUT2D eigenvalue weighted by Gasteiger charge is 2.13. The van der Waals surface area contributed by atoms with Gasteiger partial charge >= 0.3 is 0 Å². The van der Waals surface area contributed by atoms with Crippen molar-refractivity contribution in [3.05, 3.63) is 33.9 Å². The van der Waals surface area contributed by atoms with Crippen molar-refractivity contribution in [1.29, 1.82) is 0 Å². The Hall–Kier alpha value is -1.37. The minimum atomic E-state index is -0.142. The van der Waals surface area contributed by atoms with E-state index >= 15 is 0 Å². The van der Waals surface area contributed by atoms with Crippen LogP contribution in [0.3, 0.4) is 0 Å². The standard InChI is InChI=1S/C12H14N4OS.2ClH/c1-7-11(18-8(2)15-7)12(17)16-9-4-5-10(13-3)14-6-9;;/h4-6H,1-3H3,(H,13,14)(H,16,17);2*1H. The second kappa shape index (κ2) is 8.04. The third kappa shape index (κ3) is 4.33. The van der Waals surface area contributed by atoms with Crippen LogP contribution in [-0.4, -0.2) is 22.9 Å². The minimum Gasteiger partial charge on any atom is -0.373 e. The number of anilines is 2. The van der Waals surface area contributed by atoms with E-state index in [1.807, 2.05) is 13.8 Å². The quantitative estimate of drug-likeness (QED) is 0.903. The van der Waals surface area contributed by atoms with E-state index < -0.39 is 0 Å². The molecular formula is C12H16Cl2N4OS. The maximum absolute atomic E-state index is 12.0. The molecule has 0 atom stereocenters. The number of hydrogen-bond donors (Lipinski definition) is 2. The largest absolute Gasteiger partial charge is 0.373 e. The summed E-state index contributed by atoms with van der Waals surface area (Å²) in [7, 11) is 1.80. The average molecular weight is 335 g/mol. The molecule has 0 aliphatic carbocycles. The van der Waals surface area contributed by atoms with Gasteiger partial charge < -0.3 is 10.6 Å². The molecule has 0 unspecified atom stereocenters. The van der Waals surface area contributed by atoms with Crippen molar-refractivity contribution >= 4 is 53.6 Å². The number of nitrogens with zero attached hydrogens (tertiary/aromatic N) is 2. The Labute approximate surface area is 134 Å². The molecule has 0 aliphatic rings. The van der Waals surface area contributed by atoms with Gasteiger partial charge in [-0.2, -0.15) is 0 Å². The number of hydrogen-bond acceptors (Lipinski definition) is 5. The smallest absolute Gasteiger partial charge is 0.267 e. The van der Waals surface area contributed by atoms with Gasteiger partial charge in [0.2, 0.25) is 0 Å². The van der Waals surface area contributed by atoms with Gasteiger partial charge in [0, 0.05) is 7.05 Å². The van der Waals surface area contributed by atoms with Crippen molar-refractivity contribution in [2.75, 3.05) is 17.7 Å². The van der Waals surface area contributed by atoms with Gasteiger partial charge in [-0.1, -0.05) is 0 Å². The third-order valence-corrected chi connectivity index (χ3v) is 3.46. The van der Waals surface area contributed by atoms with Crippen LogP contribution in [0.25, 0.3) is 0 Å². The molecule has 5 nitrogen and oxygen atoms in total.